The van der Waals surface area contributed by atoms with Gasteiger partial charge in [0.1, 0.15) is 11.3 Å². The van der Waals surface area contributed by atoms with E-state index in [0.717, 1.165) is 10.9 Å². The van der Waals surface area contributed by atoms with Crippen LogP contribution in [-0.4, -0.2) is 40.6 Å². The highest BCUT2D eigenvalue weighted by atomic mass is 16.5. The lowest BCUT2D eigenvalue weighted by Crippen LogP contribution is -2.49. The summed E-state index contributed by atoms with van der Waals surface area (Å²) >= 11 is 0. The Labute approximate surface area is 144 Å². The van der Waals surface area contributed by atoms with E-state index >= 15 is 0 Å². The number of amides is 1. The van der Waals surface area contributed by atoms with E-state index in [1.807, 2.05) is 24.3 Å². The molecule has 1 unspecified atom stereocenters. The minimum atomic E-state index is -1.71. The number of hydrogen-bond acceptors (Lipinski definition) is 6. The van der Waals surface area contributed by atoms with Crippen LogP contribution in [0.2, 0.25) is 0 Å². The zero-order valence-corrected chi connectivity index (χ0v) is 13.3. The van der Waals surface area contributed by atoms with E-state index in [1.54, 1.807) is 24.6 Å². The quantitative estimate of drug-likeness (QED) is 0.553. The summed E-state index contributed by atoms with van der Waals surface area (Å²) in [6.07, 6.45) is 4.86. The highest BCUT2D eigenvalue weighted by molar-refractivity contribution is 6.43. The third kappa shape index (κ3) is 4.37. The first-order chi connectivity index (χ1) is 12.1. The zero-order valence-electron chi connectivity index (χ0n) is 13.3. The van der Waals surface area contributed by atoms with Crippen LogP contribution in [0.15, 0.2) is 59.5 Å². The van der Waals surface area contributed by atoms with Crippen LogP contribution < -0.4 is 10.1 Å². The van der Waals surface area contributed by atoms with Crippen molar-refractivity contribution in [3.8, 4) is 5.75 Å². The van der Waals surface area contributed by atoms with Gasteiger partial charge in [0, 0.05) is 11.6 Å². The number of benzene rings is 1. The topological polar surface area (TPSA) is 105 Å². The lowest BCUT2D eigenvalue weighted by molar-refractivity contribution is -0.123. The highest BCUT2D eigenvalue weighted by Crippen LogP contribution is 2.22. The van der Waals surface area contributed by atoms with Gasteiger partial charge in [0.2, 0.25) is 0 Å². The molecule has 0 saturated heterocycles. The van der Waals surface area contributed by atoms with Crippen molar-refractivity contribution >= 4 is 24.0 Å². The molecule has 2 aromatic heterocycles. The molecule has 0 saturated carbocycles. The Morgan fingerprint density at radius 2 is 2.12 bits per heavy atom. The summed E-state index contributed by atoms with van der Waals surface area (Å²) in [5.41, 5.74) is 1.48. The maximum absolute atomic E-state index is 12.0. The number of ether oxygens (including phenoxy) is 1. The zero-order chi connectivity index (χ0) is 17.6. The van der Waals surface area contributed by atoms with E-state index in [4.69, 9.17) is 9.15 Å². The molecular formula is C17H17BN2O5. The van der Waals surface area contributed by atoms with Crippen molar-refractivity contribution in [2.75, 3.05) is 6.61 Å². The van der Waals surface area contributed by atoms with Crippen LogP contribution in [0.1, 0.15) is 5.56 Å². The average Bonchev–Trinajstić information content (AvgIpc) is 3.03. The van der Waals surface area contributed by atoms with Crippen LogP contribution in [0, 0.1) is 0 Å². The molecule has 8 heteroatoms. The Kier molecular flexibility index (Phi) is 5.32. The van der Waals surface area contributed by atoms with Crippen molar-refractivity contribution in [3.05, 3.63) is 60.6 Å². The molecule has 3 rings (SSSR count). The third-order valence-electron chi connectivity index (χ3n) is 3.71. The van der Waals surface area contributed by atoms with Crippen LogP contribution in [0.25, 0.3) is 11.0 Å². The van der Waals surface area contributed by atoms with Gasteiger partial charge in [0.25, 0.3) is 5.91 Å². The first-order valence-electron chi connectivity index (χ1n) is 7.77. The van der Waals surface area contributed by atoms with Gasteiger partial charge in [-0.15, -0.1) is 0 Å². The van der Waals surface area contributed by atoms with E-state index in [2.05, 4.69) is 10.3 Å². The summed E-state index contributed by atoms with van der Waals surface area (Å²) in [6.45, 7) is -0.249. The van der Waals surface area contributed by atoms with Crippen LogP contribution in [-0.2, 0) is 11.2 Å². The molecule has 1 amide bonds. The highest BCUT2D eigenvalue weighted by Gasteiger charge is 2.27. The van der Waals surface area contributed by atoms with Crippen LogP contribution >= 0.6 is 0 Å². The van der Waals surface area contributed by atoms with Gasteiger partial charge in [0.15, 0.2) is 6.61 Å². The molecule has 0 aliphatic heterocycles. The number of furan rings is 1. The van der Waals surface area contributed by atoms with Crippen molar-refractivity contribution in [2.24, 2.45) is 0 Å². The smallest absolute Gasteiger partial charge is 0.475 e. The first-order valence-corrected chi connectivity index (χ1v) is 7.77. The predicted molar refractivity (Wildman–Crippen MR) is 91.8 cm³/mol. The Bertz CT molecular complexity index is 837. The molecule has 25 heavy (non-hydrogen) atoms. The molecule has 1 aromatic carbocycles. The fourth-order valence-electron chi connectivity index (χ4n) is 2.49. The van der Waals surface area contributed by atoms with Gasteiger partial charge in [-0.25, -0.2) is 0 Å². The first kappa shape index (κ1) is 17.0. The summed E-state index contributed by atoms with van der Waals surface area (Å²) in [5.74, 6) is -0.889. The molecule has 0 bridgehead atoms. The van der Waals surface area contributed by atoms with E-state index in [1.165, 1.54) is 6.20 Å². The molecule has 0 aliphatic carbocycles. The SMILES string of the molecule is O=C(COc1cccnc1)NC(Cc1coc2ccccc12)B(O)O. The third-order valence-corrected chi connectivity index (χ3v) is 3.71. The maximum atomic E-state index is 12.0. The molecule has 2 heterocycles. The normalized spacial score (nSPS) is 11.9. The Hall–Kier alpha value is -2.84. The molecular weight excluding hydrogens is 323 g/mol. The van der Waals surface area contributed by atoms with Gasteiger partial charge in [-0.05, 0) is 30.2 Å². The fraction of sp³-hybridized carbons (Fsp3) is 0.176. The molecule has 7 nitrogen and oxygen atoms in total. The fourth-order valence-corrected chi connectivity index (χ4v) is 2.49. The van der Waals surface area contributed by atoms with Crippen molar-refractivity contribution in [1.29, 1.82) is 0 Å². The monoisotopic (exact) mass is 340 g/mol. The van der Waals surface area contributed by atoms with Gasteiger partial charge in [-0.1, -0.05) is 18.2 Å². The van der Waals surface area contributed by atoms with Crippen molar-refractivity contribution in [1.82, 2.24) is 10.3 Å². The number of pyridine rings is 1. The van der Waals surface area contributed by atoms with E-state index in [-0.39, 0.29) is 13.0 Å². The lowest BCUT2D eigenvalue weighted by atomic mass is 9.76. The molecule has 3 aromatic rings. The van der Waals surface area contributed by atoms with Gasteiger partial charge in [-0.3, -0.25) is 9.78 Å². The maximum Gasteiger partial charge on any atom is 0.475 e. The summed E-state index contributed by atoms with van der Waals surface area (Å²) in [4.78, 5) is 15.9. The summed E-state index contributed by atoms with van der Waals surface area (Å²) in [5, 5.41) is 22.6. The van der Waals surface area contributed by atoms with E-state index in [0.29, 0.717) is 11.3 Å². The number of carbonyl (C=O) groups excluding carboxylic acids is 1. The van der Waals surface area contributed by atoms with Crippen molar-refractivity contribution in [3.63, 3.8) is 0 Å². The molecule has 128 valence electrons. The number of fused-ring (bicyclic) bond motifs is 1. The number of para-hydroxylation sites is 1. The van der Waals surface area contributed by atoms with Gasteiger partial charge < -0.3 is 24.5 Å². The molecule has 0 fully saturated rings. The van der Waals surface area contributed by atoms with Crippen LogP contribution in [0.3, 0.4) is 0 Å². The minimum Gasteiger partial charge on any atom is -0.482 e. The average molecular weight is 340 g/mol. The number of nitrogens with zero attached hydrogens (tertiary/aromatic N) is 1. The molecule has 1 atom stereocenters. The number of aromatic nitrogens is 1. The second-order valence-corrected chi connectivity index (χ2v) is 5.53. The molecule has 3 N–H and O–H groups in total. The van der Waals surface area contributed by atoms with Gasteiger partial charge in [-0.2, -0.15) is 0 Å². The Morgan fingerprint density at radius 3 is 2.88 bits per heavy atom. The number of rotatable bonds is 7. The number of hydrogen-bond donors (Lipinski definition) is 3. The molecule has 0 spiro atoms. The summed E-state index contributed by atoms with van der Waals surface area (Å²) in [6, 6.07) is 10.8. The Morgan fingerprint density at radius 1 is 1.28 bits per heavy atom. The number of carbonyl (C=O) groups is 1. The predicted octanol–water partition coefficient (Wildman–Crippen LogP) is 0.946. The van der Waals surface area contributed by atoms with E-state index < -0.39 is 19.0 Å². The van der Waals surface area contributed by atoms with Crippen LogP contribution in [0.4, 0.5) is 0 Å². The lowest BCUT2D eigenvalue weighted by Gasteiger charge is -2.17. The second-order valence-electron chi connectivity index (χ2n) is 5.53. The molecule has 0 aliphatic rings. The largest absolute Gasteiger partial charge is 0.482 e. The standard InChI is InChI=1S/C17H17BN2O5/c21-17(11-24-13-4-3-7-19-9-13)20-16(18(22)23)8-12-10-25-15-6-2-1-5-14(12)15/h1-7,9-10,16,22-23H,8,11H2,(H,20,21). The Balaban J connectivity index is 1.62. The summed E-state index contributed by atoms with van der Waals surface area (Å²) < 4.78 is 10.7. The number of nitrogens with one attached hydrogen (secondary N) is 1. The van der Waals surface area contributed by atoms with Crippen molar-refractivity contribution in [2.45, 2.75) is 12.4 Å². The molecule has 0 radical (unpaired) electrons. The van der Waals surface area contributed by atoms with E-state index in [9.17, 15) is 14.8 Å². The summed E-state index contributed by atoms with van der Waals surface area (Å²) in [7, 11) is -1.71. The van der Waals surface area contributed by atoms with Crippen molar-refractivity contribution < 1.29 is 24.0 Å². The van der Waals surface area contributed by atoms with Gasteiger partial charge in [0.05, 0.1) is 18.4 Å². The van der Waals surface area contributed by atoms with Crippen LogP contribution in [0.5, 0.6) is 5.75 Å². The minimum absolute atomic E-state index is 0.216. The second kappa shape index (κ2) is 7.82. The van der Waals surface area contributed by atoms with Gasteiger partial charge >= 0.3 is 7.12 Å².